The smallest absolute Gasteiger partial charge is 0.239 e. The maximum atomic E-state index is 12.3. The molecule has 2 rings (SSSR count). The van der Waals surface area contributed by atoms with E-state index >= 15 is 0 Å². The molecule has 0 saturated carbocycles. The van der Waals surface area contributed by atoms with E-state index in [0.29, 0.717) is 19.5 Å². The lowest BCUT2D eigenvalue weighted by molar-refractivity contribution is -0.135. The average molecular weight is 347 g/mol. The van der Waals surface area contributed by atoms with E-state index in [1.54, 1.807) is 12.0 Å². The fourth-order valence-electron chi connectivity index (χ4n) is 3.09. The molecular formula is C19H29N3O3. The fourth-order valence-corrected chi connectivity index (χ4v) is 3.09. The molecule has 1 aromatic rings. The summed E-state index contributed by atoms with van der Waals surface area (Å²) < 4.78 is 5.28. The number of nitrogens with one attached hydrogen (secondary N) is 1. The summed E-state index contributed by atoms with van der Waals surface area (Å²) in [5.74, 6) is 0.778. The molecule has 25 heavy (non-hydrogen) atoms. The first-order valence-electron chi connectivity index (χ1n) is 8.86. The number of carbonyl (C=O) groups is 2. The first kappa shape index (κ1) is 19.2. The molecule has 138 valence electrons. The van der Waals surface area contributed by atoms with Gasteiger partial charge in [-0.25, -0.2) is 0 Å². The van der Waals surface area contributed by atoms with Crippen LogP contribution < -0.4 is 10.1 Å². The number of nitrogens with zero attached hydrogens (tertiary/aromatic N) is 2. The molecule has 0 radical (unpaired) electrons. The van der Waals surface area contributed by atoms with Gasteiger partial charge in [-0.2, -0.15) is 0 Å². The van der Waals surface area contributed by atoms with Gasteiger partial charge in [-0.15, -0.1) is 0 Å². The molecule has 0 spiro atoms. The number of hydrogen-bond acceptors (Lipinski definition) is 4. The number of rotatable bonds is 7. The number of ether oxygens (including phenoxy) is 1. The van der Waals surface area contributed by atoms with E-state index in [9.17, 15) is 9.59 Å². The van der Waals surface area contributed by atoms with Gasteiger partial charge in [0.2, 0.25) is 11.8 Å². The molecule has 1 heterocycles. The summed E-state index contributed by atoms with van der Waals surface area (Å²) in [5, 5.41) is 2.97. The fraction of sp³-hybridized carbons (Fsp3) is 0.579. The summed E-state index contributed by atoms with van der Waals surface area (Å²) >= 11 is 0. The van der Waals surface area contributed by atoms with Crippen molar-refractivity contribution in [2.24, 2.45) is 0 Å². The van der Waals surface area contributed by atoms with E-state index in [1.165, 1.54) is 0 Å². The third kappa shape index (κ3) is 5.74. The number of benzene rings is 1. The second-order valence-corrected chi connectivity index (χ2v) is 6.69. The van der Waals surface area contributed by atoms with Gasteiger partial charge in [0.15, 0.2) is 0 Å². The highest BCUT2D eigenvalue weighted by molar-refractivity contribution is 5.84. The van der Waals surface area contributed by atoms with Gasteiger partial charge in [-0.05, 0) is 44.6 Å². The van der Waals surface area contributed by atoms with Gasteiger partial charge >= 0.3 is 0 Å². The highest BCUT2D eigenvalue weighted by atomic mass is 16.5. The lowest BCUT2D eigenvalue weighted by Crippen LogP contribution is -2.42. The number of methoxy groups -OCH3 is 1. The molecule has 0 aliphatic carbocycles. The van der Waals surface area contributed by atoms with E-state index < -0.39 is 0 Å². The molecule has 1 unspecified atom stereocenters. The van der Waals surface area contributed by atoms with Crippen LogP contribution >= 0.6 is 0 Å². The van der Waals surface area contributed by atoms with Gasteiger partial charge < -0.3 is 19.9 Å². The Morgan fingerprint density at radius 1 is 1.32 bits per heavy atom. The number of carbonyl (C=O) groups excluding carboxylic acids is 2. The minimum atomic E-state index is -0.106. The SMILES string of the molecule is COc1cccc(C(CNC(=O)CN2CCCCCC2=O)N(C)C)c1. The lowest BCUT2D eigenvalue weighted by Gasteiger charge is -2.26. The summed E-state index contributed by atoms with van der Waals surface area (Å²) in [7, 11) is 5.60. The van der Waals surface area contributed by atoms with Crippen molar-refractivity contribution in [2.45, 2.75) is 31.7 Å². The summed E-state index contributed by atoms with van der Waals surface area (Å²) in [4.78, 5) is 28.1. The van der Waals surface area contributed by atoms with Crippen molar-refractivity contribution >= 4 is 11.8 Å². The Morgan fingerprint density at radius 2 is 2.12 bits per heavy atom. The predicted molar refractivity (Wildman–Crippen MR) is 97.5 cm³/mol. The van der Waals surface area contributed by atoms with Crippen LogP contribution in [0.3, 0.4) is 0 Å². The number of likely N-dealkylation sites (N-methyl/N-ethyl adjacent to an activating group) is 1. The zero-order chi connectivity index (χ0) is 18.2. The number of amides is 2. The minimum absolute atomic E-state index is 0.0406. The second-order valence-electron chi connectivity index (χ2n) is 6.69. The summed E-state index contributed by atoms with van der Waals surface area (Å²) in [6, 6.07) is 7.90. The van der Waals surface area contributed by atoms with Crippen LogP contribution in [0.15, 0.2) is 24.3 Å². The zero-order valence-corrected chi connectivity index (χ0v) is 15.5. The van der Waals surface area contributed by atoms with Crippen LogP contribution in [0.2, 0.25) is 0 Å². The summed E-state index contributed by atoms with van der Waals surface area (Å²) in [6.07, 6.45) is 3.51. The predicted octanol–water partition coefficient (Wildman–Crippen LogP) is 1.82. The second kappa shape index (κ2) is 9.42. The van der Waals surface area contributed by atoms with Crippen LogP contribution in [-0.4, -0.2) is 62.5 Å². The molecule has 1 atom stereocenters. The normalized spacial score (nSPS) is 16.5. The van der Waals surface area contributed by atoms with Crippen molar-refractivity contribution in [1.82, 2.24) is 15.1 Å². The Balaban J connectivity index is 1.93. The Hall–Kier alpha value is -2.08. The Labute approximate surface area is 150 Å². The third-order valence-corrected chi connectivity index (χ3v) is 4.60. The molecular weight excluding hydrogens is 318 g/mol. The summed E-state index contributed by atoms with van der Waals surface area (Å²) in [6.45, 7) is 1.32. The van der Waals surface area contributed by atoms with E-state index in [1.807, 2.05) is 38.4 Å². The van der Waals surface area contributed by atoms with Gasteiger partial charge in [0.05, 0.1) is 19.7 Å². The molecule has 6 heteroatoms. The molecule has 0 bridgehead atoms. The topological polar surface area (TPSA) is 61.9 Å². The van der Waals surface area contributed by atoms with E-state index in [2.05, 4.69) is 10.2 Å². The minimum Gasteiger partial charge on any atom is -0.497 e. The monoisotopic (exact) mass is 347 g/mol. The lowest BCUT2D eigenvalue weighted by atomic mass is 10.1. The zero-order valence-electron chi connectivity index (χ0n) is 15.5. The van der Waals surface area contributed by atoms with Crippen LogP contribution in [0.5, 0.6) is 5.75 Å². The standard InChI is InChI=1S/C19H29N3O3/c1-21(2)17(15-8-7-9-16(12-15)25-3)13-20-18(23)14-22-11-6-4-5-10-19(22)24/h7-9,12,17H,4-6,10-11,13-14H2,1-3H3,(H,20,23). The molecule has 1 fully saturated rings. The highest BCUT2D eigenvalue weighted by Gasteiger charge is 2.21. The number of likely N-dealkylation sites (tertiary alicyclic amines) is 1. The molecule has 1 aliphatic rings. The maximum Gasteiger partial charge on any atom is 0.239 e. The van der Waals surface area contributed by atoms with Crippen molar-refractivity contribution in [3.8, 4) is 5.75 Å². The maximum absolute atomic E-state index is 12.3. The first-order valence-corrected chi connectivity index (χ1v) is 8.86. The van der Waals surface area contributed by atoms with Gasteiger partial charge in [0, 0.05) is 19.5 Å². The molecule has 2 amide bonds. The van der Waals surface area contributed by atoms with Gasteiger partial charge in [0.1, 0.15) is 5.75 Å². The van der Waals surface area contributed by atoms with Crippen molar-refractivity contribution < 1.29 is 14.3 Å². The Morgan fingerprint density at radius 3 is 2.84 bits per heavy atom. The van der Waals surface area contributed by atoms with Crippen LogP contribution in [0, 0.1) is 0 Å². The molecule has 6 nitrogen and oxygen atoms in total. The molecule has 1 aliphatic heterocycles. The van der Waals surface area contributed by atoms with Gasteiger partial charge in [0.25, 0.3) is 0 Å². The van der Waals surface area contributed by atoms with Crippen LogP contribution in [0.25, 0.3) is 0 Å². The van der Waals surface area contributed by atoms with Crippen LogP contribution in [0.1, 0.15) is 37.3 Å². The van der Waals surface area contributed by atoms with E-state index in [-0.39, 0.29) is 24.4 Å². The van der Waals surface area contributed by atoms with E-state index in [4.69, 9.17) is 4.74 Å². The van der Waals surface area contributed by atoms with E-state index in [0.717, 1.165) is 30.6 Å². The van der Waals surface area contributed by atoms with Crippen LogP contribution in [-0.2, 0) is 9.59 Å². The van der Waals surface area contributed by atoms with Crippen molar-refractivity contribution in [1.29, 1.82) is 0 Å². The molecule has 0 aromatic heterocycles. The molecule has 1 aromatic carbocycles. The summed E-state index contributed by atoms with van der Waals surface area (Å²) in [5.41, 5.74) is 1.08. The molecule has 1 N–H and O–H groups in total. The van der Waals surface area contributed by atoms with Gasteiger partial charge in [-0.1, -0.05) is 18.6 Å². The Kier molecular flexibility index (Phi) is 7.25. The molecule has 1 saturated heterocycles. The largest absolute Gasteiger partial charge is 0.497 e. The Bertz CT molecular complexity index is 589. The average Bonchev–Trinajstić information content (AvgIpc) is 2.79. The van der Waals surface area contributed by atoms with Crippen molar-refractivity contribution in [3.63, 3.8) is 0 Å². The first-order chi connectivity index (χ1) is 12.0. The van der Waals surface area contributed by atoms with Crippen LogP contribution in [0.4, 0.5) is 0 Å². The third-order valence-electron chi connectivity index (χ3n) is 4.60. The highest BCUT2D eigenvalue weighted by Crippen LogP contribution is 2.22. The number of hydrogen-bond donors (Lipinski definition) is 1. The van der Waals surface area contributed by atoms with Crippen molar-refractivity contribution in [2.75, 3.05) is 40.8 Å². The quantitative estimate of drug-likeness (QED) is 0.817. The van der Waals surface area contributed by atoms with Crippen molar-refractivity contribution in [3.05, 3.63) is 29.8 Å². The van der Waals surface area contributed by atoms with Gasteiger partial charge in [-0.3, -0.25) is 9.59 Å².